The van der Waals surface area contributed by atoms with Crippen LogP contribution in [0.15, 0.2) is 108 Å². The van der Waals surface area contributed by atoms with Gasteiger partial charge in [-0.2, -0.15) is 0 Å². The third-order valence-electron chi connectivity index (χ3n) is 8.35. The fourth-order valence-corrected chi connectivity index (χ4v) is 10.9. The molecule has 0 atom stereocenters. The molecule has 1 N–H and O–H groups in total. The highest BCUT2D eigenvalue weighted by atomic mass is 28.3. The Labute approximate surface area is 259 Å². The van der Waals surface area contributed by atoms with Crippen LogP contribution < -0.4 is 19.9 Å². The third kappa shape index (κ3) is 5.93. The molecule has 218 valence electrons. The summed E-state index contributed by atoms with van der Waals surface area (Å²) in [6.45, 7) is 17.5. The van der Waals surface area contributed by atoms with E-state index in [1.165, 1.54) is 66.3 Å². The average Bonchev–Trinajstić information content (AvgIpc) is 2.96. The second-order valence-corrected chi connectivity index (χ2v) is 15.3. The molecule has 0 aliphatic heterocycles. The van der Waals surface area contributed by atoms with E-state index in [0.717, 1.165) is 5.69 Å². The van der Waals surface area contributed by atoms with Gasteiger partial charge in [0.1, 0.15) is 0 Å². The van der Waals surface area contributed by atoms with Crippen LogP contribution >= 0.6 is 0 Å². The van der Waals surface area contributed by atoms with Crippen molar-refractivity contribution in [2.45, 2.75) is 55.4 Å². The number of anilines is 2. The van der Waals surface area contributed by atoms with Gasteiger partial charge in [0, 0.05) is 11.4 Å². The summed E-state index contributed by atoms with van der Waals surface area (Å²) in [5, 5.41) is 2.51. The lowest BCUT2D eigenvalue weighted by molar-refractivity contribution is 1.25. The summed E-state index contributed by atoms with van der Waals surface area (Å²) in [5.41, 5.74) is 13.2. The summed E-state index contributed by atoms with van der Waals surface area (Å²) < 4.78 is 2.51. The van der Waals surface area contributed by atoms with Crippen molar-refractivity contribution in [1.29, 1.82) is 0 Å². The maximum atomic E-state index is 5.30. The molecule has 0 aromatic heterocycles. The number of aryl methyl sites for hydroxylation is 8. The first-order valence-electron chi connectivity index (χ1n) is 15.1. The second-order valence-electron chi connectivity index (χ2n) is 11.9. The minimum Gasteiger partial charge on any atom is -0.387 e. The Morgan fingerprint density at radius 1 is 0.535 bits per heavy atom. The smallest absolute Gasteiger partial charge is 0.334 e. The first kappa shape index (κ1) is 30.1. The van der Waals surface area contributed by atoms with E-state index >= 15 is 0 Å². The molecule has 43 heavy (non-hydrogen) atoms. The lowest BCUT2D eigenvalue weighted by atomic mass is 10.1. The summed E-state index contributed by atoms with van der Waals surface area (Å²) in [4.78, 5) is 9.60. The molecule has 0 spiro atoms. The van der Waals surface area contributed by atoms with E-state index < -0.39 is 8.40 Å². The SMILES string of the molecule is Cc1cc(C)c(N[Si](c2ccccc2)(c2ccccc2)N(C=Nc2c(C)cccc2C)c2c(C)cc(C)cc2C)c(C)c1. The van der Waals surface area contributed by atoms with E-state index in [1.54, 1.807) is 0 Å². The standard InChI is InChI=1S/C39H43N3Si/c1-27-22-31(5)38(32(6)23-27)41-43(35-18-11-9-12-19-35,36-20-13-10-14-21-36)42(39-33(7)24-28(2)25-34(39)8)26-40-37-29(3)16-15-17-30(37)4/h9-26,41H,1-8H3. The maximum absolute atomic E-state index is 5.30. The molecular weight excluding hydrogens is 539 g/mol. The Morgan fingerprint density at radius 2 is 0.977 bits per heavy atom. The summed E-state index contributed by atoms with van der Waals surface area (Å²) in [6, 6.07) is 37.5. The first-order valence-corrected chi connectivity index (χ1v) is 17.0. The van der Waals surface area contributed by atoms with Crippen LogP contribution in [-0.4, -0.2) is 14.7 Å². The molecule has 0 heterocycles. The molecule has 5 rings (SSSR count). The van der Waals surface area contributed by atoms with E-state index in [9.17, 15) is 0 Å². The van der Waals surface area contributed by atoms with Gasteiger partial charge in [-0.15, -0.1) is 0 Å². The van der Waals surface area contributed by atoms with Crippen LogP contribution in [-0.2, 0) is 0 Å². The molecule has 0 saturated heterocycles. The van der Waals surface area contributed by atoms with Crippen molar-refractivity contribution in [3.05, 3.63) is 148 Å². The van der Waals surface area contributed by atoms with Crippen LogP contribution in [0.4, 0.5) is 17.1 Å². The Balaban J connectivity index is 1.92. The molecule has 0 aliphatic rings. The summed E-state index contributed by atoms with van der Waals surface area (Å²) in [6.07, 6.45) is 2.11. The van der Waals surface area contributed by atoms with Crippen molar-refractivity contribution < 1.29 is 0 Å². The Kier molecular flexibility index (Phi) is 8.70. The van der Waals surface area contributed by atoms with E-state index in [2.05, 4.69) is 174 Å². The van der Waals surface area contributed by atoms with Crippen molar-refractivity contribution in [1.82, 2.24) is 0 Å². The molecular formula is C39H43N3Si. The Hall–Kier alpha value is -4.41. The summed E-state index contributed by atoms with van der Waals surface area (Å²) >= 11 is 0. The molecule has 0 amide bonds. The largest absolute Gasteiger partial charge is 0.387 e. The van der Waals surface area contributed by atoms with Crippen molar-refractivity contribution in [2.75, 3.05) is 9.55 Å². The molecule has 0 saturated carbocycles. The number of rotatable bonds is 8. The maximum Gasteiger partial charge on any atom is 0.334 e. The van der Waals surface area contributed by atoms with Crippen LogP contribution in [0.2, 0.25) is 0 Å². The van der Waals surface area contributed by atoms with Crippen LogP contribution in [0, 0.1) is 55.4 Å². The fraction of sp³-hybridized carbons (Fsp3) is 0.205. The zero-order valence-electron chi connectivity index (χ0n) is 26.8. The number of nitrogens with one attached hydrogen (secondary N) is 1. The molecule has 5 aromatic carbocycles. The van der Waals surface area contributed by atoms with Gasteiger partial charge in [0.25, 0.3) is 0 Å². The zero-order valence-corrected chi connectivity index (χ0v) is 27.8. The number of hydrogen-bond donors (Lipinski definition) is 1. The number of para-hydroxylation sites is 1. The van der Waals surface area contributed by atoms with Crippen molar-refractivity contribution in [3.8, 4) is 0 Å². The number of benzene rings is 5. The molecule has 0 unspecified atom stereocenters. The summed E-state index contributed by atoms with van der Waals surface area (Å²) in [7, 11) is -3.07. The second kappa shape index (κ2) is 12.4. The van der Waals surface area contributed by atoms with Gasteiger partial charge in [-0.25, -0.2) is 4.99 Å². The predicted molar refractivity (Wildman–Crippen MR) is 189 cm³/mol. The predicted octanol–water partition coefficient (Wildman–Crippen LogP) is 8.69. The van der Waals surface area contributed by atoms with Crippen LogP contribution in [0.5, 0.6) is 0 Å². The highest BCUT2D eigenvalue weighted by molar-refractivity contribution is 7.08. The minimum atomic E-state index is -3.07. The number of nitrogens with zero attached hydrogens (tertiary/aromatic N) is 2. The normalized spacial score (nSPS) is 11.6. The monoisotopic (exact) mass is 581 g/mol. The first-order chi connectivity index (χ1) is 20.6. The topological polar surface area (TPSA) is 27.6 Å². The van der Waals surface area contributed by atoms with Crippen LogP contribution in [0.3, 0.4) is 0 Å². The molecule has 0 fully saturated rings. The Morgan fingerprint density at radius 3 is 1.44 bits per heavy atom. The van der Waals surface area contributed by atoms with Gasteiger partial charge in [-0.3, -0.25) is 0 Å². The summed E-state index contributed by atoms with van der Waals surface area (Å²) in [5.74, 6) is 0. The molecule has 0 aliphatic carbocycles. The van der Waals surface area contributed by atoms with E-state index in [4.69, 9.17) is 4.99 Å². The molecule has 3 nitrogen and oxygen atoms in total. The quantitative estimate of drug-likeness (QED) is 0.113. The van der Waals surface area contributed by atoms with E-state index in [-0.39, 0.29) is 0 Å². The van der Waals surface area contributed by atoms with E-state index in [1.807, 2.05) is 0 Å². The molecule has 0 bridgehead atoms. The van der Waals surface area contributed by atoms with Gasteiger partial charge in [-0.1, -0.05) is 114 Å². The number of aliphatic imine (C=N–C) groups is 1. The fourth-order valence-electron chi connectivity index (χ4n) is 6.56. The van der Waals surface area contributed by atoms with Gasteiger partial charge in [-0.05, 0) is 99.1 Å². The van der Waals surface area contributed by atoms with Gasteiger partial charge in [0.05, 0.1) is 12.0 Å². The highest BCUT2D eigenvalue weighted by Crippen LogP contribution is 2.33. The Bertz CT molecular complexity index is 1670. The van der Waals surface area contributed by atoms with Crippen molar-refractivity contribution in [2.24, 2.45) is 4.99 Å². The van der Waals surface area contributed by atoms with Gasteiger partial charge >= 0.3 is 8.40 Å². The highest BCUT2D eigenvalue weighted by Gasteiger charge is 2.46. The van der Waals surface area contributed by atoms with E-state index in [0.29, 0.717) is 0 Å². The minimum absolute atomic E-state index is 1.02. The molecule has 0 radical (unpaired) electrons. The molecule has 5 aromatic rings. The van der Waals surface area contributed by atoms with Crippen molar-refractivity contribution >= 4 is 42.2 Å². The van der Waals surface area contributed by atoms with Crippen molar-refractivity contribution in [3.63, 3.8) is 0 Å². The van der Waals surface area contributed by atoms with Crippen LogP contribution in [0.1, 0.15) is 44.5 Å². The molecule has 4 heteroatoms. The van der Waals surface area contributed by atoms with Gasteiger partial charge in [0.15, 0.2) is 0 Å². The lowest BCUT2D eigenvalue weighted by Crippen LogP contribution is -2.76. The van der Waals surface area contributed by atoms with Gasteiger partial charge < -0.3 is 9.55 Å². The average molecular weight is 582 g/mol. The lowest BCUT2D eigenvalue weighted by Gasteiger charge is -2.44. The van der Waals surface area contributed by atoms with Gasteiger partial charge in [0.2, 0.25) is 0 Å². The number of hydrogen-bond acceptors (Lipinski definition) is 2. The van der Waals surface area contributed by atoms with Crippen LogP contribution in [0.25, 0.3) is 0 Å². The third-order valence-corrected chi connectivity index (χ3v) is 12.4. The zero-order chi connectivity index (χ0) is 30.7.